The van der Waals surface area contributed by atoms with Gasteiger partial charge in [0.05, 0.1) is 0 Å². The van der Waals surface area contributed by atoms with Gasteiger partial charge in [0.2, 0.25) is 5.91 Å². The van der Waals surface area contributed by atoms with Gasteiger partial charge in [0.25, 0.3) is 0 Å². The lowest BCUT2D eigenvalue weighted by molar-refractivity contribution is -0.128. The molecule has 1 heterocycles. The minimum Gasteiger partial charge on any atom is -0.341 e. The van der Waals surface area contributed by atoms with Crippen LogP contribution in [-0.2, 0) is 4.79 Å². The van der Waals surface area contributed by atoms with Crippen molar-refractivity contribution in [3.8, 4) is 0 Å². The molecule has 2 rings (SSSR count). The van der Waals surface area contributed by atoms with Gasteiger partial charge in [0.1, 0.15) is 0 Å². The largest absolute Gasteiger partial charge is 0.341 e. The molecule has 1 aliphatic carbocycles. The summed E-state index contributed by atoms with van der Waals surface area (Å²) >= 11 is 0. The predicted molar refractivity (Wildman–Crippen MR) is 74.4 cm³/mol. The van der Waals surface area contributed by atoms with Crippen molar-refractivity contribution in [1.29, 1.82) is 0 Å². The zero-order valence-corrected chi connectivity index (χ0v) is 12.1. The average Bonchev–Trinajstić information content (AvgIpc) is 2.70. The first-order valence-electron chi connectivity index (χ1n) is 7.60. The fourth-order valence-corrected chi connectivity index (χ4v) is 3.38. The number of likely N-dealkylation sites (tertiary alicyclic amines) is 1. The van der Waals surface area contributed by atoms with Crippen LogP contribution in [0.4, 0.5) is 0 Å². The van der Waals surface area contributed by atoms with E-state index in [1.807, 2.05) is 4.90 Å². The Labute approximate surface area is 111 Å². The first kappa shape index (κ1) is 13.9. The molecule has 0 bridgehead atoms. The maximum atomic E-state index is 11.6. The van der Waals surface area contributed by atoms with Crippen LogP contribution in [-0.4, -0.2) is 36.0 Å². The Morgan fingerprint density at radius 2 is 2.11 bits per heavy atom. The lowest BCUT2D eigenvalue weighted by atomic mass is 9.79. The summed E-state index contributed by atoms with van der Waals surface area (Å²) in [5, 5.41) is 3.72. The smallest absolute Gasteiger partial charge is 0.222 e. The van der Waals surface area contributed by atoms with E-state index in [-0.39, 0.29) is 0 Å². The topological polar surface area (TPSA) is 32.3 Å². The zero-order chi connectivity index (χ0) is 13.1. The highest BCUT2D eigenvalue weighted by molar-refractivity contribution is 5.78. The van der Waals surface area contributed by atoms with Gasteiger partial charge in [0, 0.05) is 31.6 Å². The molecule has 0 aromatic heterocycles. The Balaban J connectivity index is 1.74. The summed E-state index contributed by atoms with van der Waals surface area (Å²) in [6.07, 6.45) is 5.73. The van der Waals surface area contributed by atoms with Crippen LogP contribution in [0.2, 0.25) is 0 Å². The molecule has 1 saturated heterocycles. The van der Waals surface area contributed by atoms with Crippen molar-refractivity contribution < 1.29 is 4.79 Å². The second-order valence-corrected chi connectivity index (χ2v) is 6.48. The molecule has 18 heavy (non-hydrogen) atoms. The number of hydrogen-bond acceptors (Lipinski definition) is 2. The Morgan fingerprint density at radius 1 is 1.33 bits per heavy atom. The number of carbonyl (C=O) groups excluding carboxylic acids is 1. The molecule has 2 fully saturated rings. The quantitative estimate of drug-likeness (QED) is 0.833. The summed E-state index contributed by atoms with van der Waals surface area (Å²) in [6.45, 7) is 8.80. The molecule has 104 valence electrons. The van der Waals surface area contributed by atoms with Crippen LogP contribution in [0.5, 0.6) is 0 Å². The summed E-state index contributed by atoms with van der Waals surface area (Å²) in [6, 6.07) is 1.08. The minimum atomic E-state index is 0.342. The number of nitrogens with zero attached hydrogens (tertiary/aromatic N) is 1. The molecular weight excluding hydrogens is 224 g/mol. The molecule has 4 atom stereocenters. The Morgan fingerprint density at radius 3 is 2.72 bits per heavy atom. The molecule has 1 N–H and O–H groups in total. The van der Waals surface area contributed by atoms with Crippen molar-refractivity contribution >= 4 is 5.91 Å². The second kappa shape index (κ2) is 6.05. The SMILES string of the molecule is CC(CN1CCCC1=O)NC1CCC(C)C(C)C1. The average molecular weight is 252 g/mol. The highest BCUT2D eigenvalue weighted by Crippen LogP contribution is 2.29. The van der Waals surface area contributed by atoms with Crippen molar-refractivity contribution in [2.75, 3.05) is 13.1 Å². The standard InChI is InChI=1S/C15H28N2O/c1-11-6-7-14(9-12(11)2)16-13(3)10-17-8-4-5-15(17)18/h11-14,16H,4-10H2,1-3H3. The van der Waals surface area contributed by atoms with E-state index in [2.05, 4.69) is 26.1 Å². The van der Waals surface area contributed by atoms with Gasteiger partial charge in [-0.3, -0.25) is 4.79 Å². The summed E-state index contributed by atoms with van der Waals surface area (Å²) in [7, 11) is 0. The highest BCUT2D eigenvalue weighted by atomic mass is 16.2. The van der Waals surface area contributed by atoms with Crippen molar-refractivity contribution in [3.05, 3.63) is 0 Å². The third-order valence-electron chi connectivity index (χ3n) is 4.78. The number of nitrogens with one attached hydrogen (secondary N) is 1. The van der Waals surface area contributed by atoms with E-state index in [0.717, 1.165) is 37.8 Å². The normalized spacial score (nSPS) is 34.9. The second-order valence-electron chi connectivity index (χ2n) is 6.48. The minimum absolute atomic E-state index is 0.342. The van der Waals surface area contributed by atoms with Crippen LogP contribution >= 0.6 is 0 Å². The first-order valence-corrected chi connectivity index (χ1v) is 7.60. The molecule has 1 amide bonds. The van der Waals surface area contributed by atoms with E-state index in [0.29, 0.717) is 18.0 Å². The third-order valence-corrected chi connectivity index (χ3v) is 4.78. The van der Waals surface area contributed by atoms with Crippen molar-refractivity contribution in [2.45, 2.75) is 65.0 Å². The molecule has 1 aliphatic heterocycles. The molecule has 4 unspecified atom stereocenters. The van der Waals surface area contributed by atoms with Gasteiger partial charge in [-0.2, -0.15) is 0 Å². The van der Waals surface area contributed by atoms with Crippen LogP contribution in [0.25, 0.3) is 0 Å². The molecule has 3 nitrogen and oxygen atoms in total. The van der Waals surface area contributed by atoms with Crippen LogP contribution in [0.15, 0.2) is 0 Å². The summed E-state index contributed by atoms with van der Waals surface area (Å²) in [5.41, 5.74) is 0. The lowest BCUT2D eigenvalue weighted by Gasteiger charge is -2.35. The van der Waals surface area contributed by atoms with Gasteiger partial charge in [-0.05, 0) is 44.4 Å². The van der Waals surface area contributed by atoms with E-state index < -0.39 is 0 Å². The van der Waals surface area contributed by atoms with Gasteiger partial charge < -0.3 is 10.2 Å². The monoisotopic (exact) mass is 252 g/mol. The zero-order valence-electron chi connectivity index (χ0n) is 12.1. The van der Waals surface area contributed by atoms with E-state index in [4.69, 9.17) is 0 Å². The number of rotatable bonds is 4. The molecule has 1 saturated carbocycles. The Kier molecular flexibility index (Phi) is 4.66. The fourth-order valence-electron chi connectivity index (χ4n) is 3.38. The van der Waals surface area contributed by atoms with Gasteiger partial charge in [-0.15, -0.1) is 0 Å². The van der Waals surface area contributed by atoms with Crippen molar-refractivity contribution in [3.63, 3.8) is 0 Å². The number of amides is 1. The maximum Gasteiger partial charge on any atom is 0.222 e. The molecule has 2 aliphatic rings. The van der Waals surface area contributed by atoms with Gasteiger partial charge >= 0.3 is 0 Å². The molecular formula is C15H28N2O. The lowest BCUT2D eigenvalue weighted by Crippen LogP contribution is -2.46. The summed E-state index contributed by atoms with van der Waals surface area (Å²) in [5.74, 6) is 2.05. The van der Waals surface area contributed by atoms with Crippen LogP contribution < -0.4 is 5.32 Å². The molecule has 0 aromatic carbocycles. The Bertz CT molecular complexity index is 292. The van der Waals surface area contributed by atoms with E-state index in [1.54, 1.807) is 0 Å². The van der Waals surface area contributed by atoms with Crippen LogP contribution in [0.3, 0.4) is 0 Å². The van der Waals surface area contributed by atoms with Gasteiger partial charge in [0.15, 0.2) is 0 Å². The van der Waals surface area contributed by atoms with E-state index in [1.165, 1.54) is 19.3 Å². The molecule has 0 aromatic rings. The Hall–Kier alpha value is -0.570. The molecule has 3 heteroatoms. The highest BCUT2D eigenvalue weighted by Gasteiger charge is 2.27. The van der Waals surface area contributed by atoms with Crippen molar-refractivity contribution in [2.24, 2.45) is 11.8 Å². The summed E-state index contributed by atoms with van der Waals surface area (Å²) < 4.78 is 0. The predicted octanol–water partition coefficient (Wildman–Crippen LogP) is 2.41. The fraction of sp³-hybridized carbons (Fsp3) is 0.933. The summed E-state index contributed by atoms with van der Waals surface area (Å²) in [4.78, 5) is 13.6. The third kappa shape index (κ3) is 3.47. The van der Waals surface area contributed by atoms with E-state index >= 15 is 0 Å². The van der Waals surface area contributed by atoms with E-state index in [9.17, 15) is 4.79 Å². The maximum absolute atomic E-state index is 11.6. The van der Waals surface area contributed by atoms with Gasteiger partial charge in [-0.25, -0.2) is 0 Å². The number of carbonyl (C=O) groups is 1. The van der Waals surface area contributed by atoms with Crippen LogP contribution in [0, 0.1) is 11.8 Å². The van der Waals surface area contributed by atoms with Crippen molar-refractivity contribution in [1.82, 2.24) is 10.2 Å². The molecule has 0 radical (unpaired) electrons. The number of hydrogen-bond donors (Lipinski definition) is 1. The first-order chi connectivity index (χ1) is 8.56. The van der Waals surface area contributed by atoms with Gasteiger partial charge in [-0.1, -0.05) is 13.8 Å². The molecule has 0 spiro atoms. The van der Waals surface area contributed by atoms with Crippen LogP contribution in [0.1, 0.15) is 52.9 Å².